The summed E-state index contributed by atoms with van der Waals surface area (Å²) in [5, 5.41) is 17.6. The molecular formula is C24H34N4O5. The van der Waals surface area contributed by atoms with Crippen molar-refractivity contribution in [2.45, 2.75) is 71.1 Å². The Bertz CT molecular complexity index is 943. The minimum Gasteiger partial charge on any atom is -0.490 e. The number of ether oxygens (including phenoxy) is 2. The van der Waals surface area contributed by atoms with E-state index < -0.39 is 5.97 Å². The number of carboxylic acid groups (broad SMARTS) is 1. The molecule has 0 radical (unpaired) electrons. The lowest BCUT2D eigenvalue weighted by Crippen LogP contribution is -2.35. The first kappa shape index (κ1) is 24.5. The van der Waals surface area contributed by atoms with Crippen LogP contribution in [0, 0.1) is 5.92 Å². The minimum absolute atomic E-state index is 0.0672. The number of nitrogens with zero attached hydrogens (tertiary/aromatic N) is 4. The number of aromatic nitrogens is 3. The summed E-state index contributed by atoms with van der Waals surface area (Å²) >= 11 is 0. The van der Waals surface area contributed by atoms with Crippen LogP contribution in [0.4, 0.5) is 4.79 Å². The third-order valence-corrected chi connectivity index (χ3v) is 6.34. The number of rotatable bonds is 9. The van der Waals surface area contributed by atoms with Crippen LogP contribution in [0.3, 0.4) is 0 Å². The van der Waals surface area contributed by atoms with Gasteiger partial charge in [0.2, 0.25) is 0 Å². The molecular weight excluding hydrogens is 424 g/mol. The molecule has 9 nitrogen and oxygen atoms in total. The van der Waals surface area contributed by atoms with E-state index in [9.17, 15) is 14.7 Å². The lowest BCUT2D eigenvalue weighted by Gasteiger charge is -2.27. The zero-order valence-corrected chi connectivity index (χ0v) is 19.9. The zero-order valence-electron chi connectivity index (χ0n) is 19.9. The Hall–Kier alpha value is -3.10. The molecule has 0 spiro atoms. The zero-order chi connectivity index (χ0) is 24.0. The van der Waals surface area contributed by atoms with Crippen LogP contribution in [0.5, 0.6) is 5.75 Å². The molecule has 9 heteroatoms. The topological polar surface area (TPSA) is 107 Å². The summed E-state index contributed by atoms with van der Waals surface area (Å²) in [5.74, 6) is -0.393. The molecule has 3 atom stereocenters. The van der Waals surface area contributed by atoms with Crippen molar-refractivity contribution in [3.63, 3.8) is 0 Å². The summed E-state index contributed by atoms with van der Waals surface area (Å²) < 4.78 is 13.2. The maximum absolute atomic E-state index is 12.4. The number of benzene rings is 1. The first-order valence-electron chi connectivity index (χ1n) is 11.6. The molecule has 1 amide bonds. The van der Waals surface area contributed by atoms with Gasteiger partial charge >= 0.3 is 12.1 Å². The van der Waals surface area contributed by atoms with E-state index in [1.54, 1.807) is 23.7 Å². The lowest BCUT2D eigenvalue weighted by molar-refractivity contribution is -0.143. The van der Waals surface area contributed by atoms with Gasteiger partial charge in [-0.15, -0.1) is 5.10 Å². The molecule has 1 N–H and O–H groups in total. The van der Waals surface area contributed by atoms with Crippen LogP contribution >= 0.6 is 0 Å². The summed E-state index contributed by atoms with van der Waals surface area (Å²) in [4.78, 5) is 25.3. The van der Waals surface area contributed by atoms with Crippen LogP contribution in [0.15, 0.2) is 24.3 Å². The Morgan fingerprint density at radius 1 is 1.27 bits per heavy atom. The first-order chi connectivity index (χ1) is 15.8. The average molecular weight is 459 g/mol. The average Bonchev–Trinajstić information content (AvgIpc) is 3.18. The molecule has 1 fully saturated rings. The van der Waals surface area contributed by atoms with Gasteiger partial charge in [-0.1, -0.05) is 18.6 Å². The number of amides is 1. The third-order valence-electron chi connectivity index (χ3n) is 6.34. The van der Waals surface area contributed by atoms with Crippen LogP contribution < -0.4 is 4.74 Å². The Morgan fingerprint density at radius 2 is 2.00 bits per heavy atom. The van der Waals surface area contributed by atoms with Crippen molar-refractivity contribution >= 4 is 12.1 Å². The molecule has 0 aliphatic heterocycles. The molecule has 1 heterocycles. The third kappa shape index (κ3) is 6.24. The summed E-state index contributed by atoms with van der Waals surface area (Å²) in [6, 6.07) is 7.58. The maximum atomic E-state index is 12.4. The van der Waals surface area contributed by atoms with Gasteiger partial charge in [0.05, 0.1) is 12.0 Å². The molecule has 1 aromatic heterocycles. The van der Waals surface area contributed by atoms with Crippen LogP contribution in [-0.2, 0) is 23.2 Å². The molecule has 1 aromatic carbocycles. The summed E-state index contributed by atoms with van der Waals surface area (Å²) in [6.45, 7) is 4.15. The van der Waals surface area contributed by atoms with E-state index in [-0.39, 0.29) is 30.8 Å². The van der Waals surface area contributed by atoms with E-state index in [1.165, 1.54) is 0 Å². The van der Waals surface area contributed by atoms with Gasteiger partial charge in [0.25, 0.3) is 0 Å². The molecule has 0 bridgehead atoms. The number of hydrogen-bond acceptors (Lipinski definition) is 6. The Morgan fingerprint density at radius 3 is 2.67 bits per heavy atom. The van der Waals surface area contributed by atoms with Gasteiger partial charge in [-0.25, -0.2) is 9.48 Å². The predicted molar refractivity (Wildman–Crippen MR) is 123 cm³/mol. The van der Waals surface area contributed by atoms with Gasteiger partial charge in [-0.05, 0) is 63.3 Å². The predicted octanol–water partition coefficient (Wildman–Crippen LogP) is 4.26. The van der Waals surface area contributed by atoms with E-state index in [1.807, 2.05) is 31.2 Å². The van der Waals surface area contributed by atoms with Crippen molar-refractivity contribution in [3.8, 4) is 17.0 Å². The smallest absolute Gasteiger partial charge is 0.410 e. The van der Waals surface area contributed by atoms with Crippen molar-refractivity contribution in [2.24, 2.45) is 13.0 Å². The SMILES string of the molecule is CCCC(C)N(C)C(=O)OCc1c(-c2ccc(OC3CCCC(C(=O)O)C3)cc2)nnn1C. The number of aryl methyl sites for hydroxylation is 1. The second-order valence-corrected chi connectivity index (χ2v) is 8.78. The monoisotopic (exact) mass is 458 g/mol. The molecule has 3 unspecified atom stereocenters. The van der Waals surface area contributed by atoms with Crippen LogP contribution in [-0.4, -0.2) is 56.3 Å². The van der Waals surface area contributed by atoms with Gasteiger partial charge < -0.3 is 19.5 Å². The van der Waals surface area contributed by atoms with E-state index in [0.717, 1.165) is 31.2 Å². The molecule has 2 aromatic rings. The first-order valence-corrected chi connectivity index (χ1v) is 11.6. The molecule has 1 saturated carbocycles. The summed E-state index contributed by atoms with van der Waals surface area (Å²) in [5.41, 5.74) is 2.18. The normalized spacial score (nSPS) is 19.0. The quantitative estimate of drug-likeness (QED) is 0.598. The summed E-state index contributed by atoms with van der Waals surface area (Å²) in [7, 11) is 3.51. The highest BCUT2D eigenvalue weighted by Gasteiger charge is 2.28. The molecule has 1 aliphatic rings. The van der Waals surface area contributed by atoms with Crippen molar-refractivity contribution in [3.05, 3.63) is 30.0 Å². The second-order valence-electron chi connectivity index (χ2n) is 8.78. The van der Waals surface area contributed by atoms with Gasteiger partial charge in [-0.3, -0.25) is 4.79 Å². The van der Waals surface area contributed by atoms with Gasteiger partial charge in [0, 0.05) is 25.7 Å². The Balaban J connectivity index is 1.63. The van der Waals surface area contributed by atoms with Gasteiger partial charge in [0.1, 0.15) is 23.7 Å². The molecule has 0 saturated heterocycles. The highest BCUT2D eigenvalue weighted by Crippen LogP contribution is 2.30. The maximum Gasteiger partial charge on any atom is 0.410 e. The van der Waals surface area contributed by atoms with Crippen LogP contribution in [0.25, 0.3) is 11.3 Å². The summed E-state index contributed by atoms with van der Waals surface area (Å²) in [6.07, 6.45) is 4.39. The molecule has 3 rings (SSSR count). The van der Waals surface area contributed by atoms with E-state index in [4.69, 9.17) is 9.47 Å². The second kappa shape index (κ2) is 11.2. The lowest BCUT2D eigenvalue weighted by atomic mass is 9.87. The van der Waals surface area contributed by atoms with Gasteiger partial charge in [-0.2, -0.15) is 0 Å². The van der Waals surface area contributed by atoms with E-state index in [2.05, 4.69) is 17.2 Å². The fraction of sp³-hybridized carbons (Fsp3) is 0.583. The Kier molecular flexibility index (Phi) is 8.30. The van der Waals surface area contributed by atoms with Crippen molar-refractivity contribution in [2.75, 3.05) is 7.05 Å². The molecule has 33 heavy (non-hydrogen) atoms. The van der Waals surface area contributed by atoms with Crippen molar-refractivity contribution in [1.29, 1.82) is 0 Å². The van der Waals surface area contributed by atoms with Crippen molar-refractivity contribution < 1.29 is 24.2 Å². The largest absolute Gasteiger partial charge is 0.490 e. The van der Waals surface area contributed by atoms with E-state index >= 15 is 0 Å². The fourth-order valence-electron chi connectivity index (χ4n) is 4.15. The van der Waals surface area contributed by atoms with E-state index in [0.29, 0.717) is 30.0 Å². The number of carbonyl (C=O) groups is 2. The number of hydrogen-bond donors (Lipinski definition) is 1. The number of carboxylic acids is 1. The van der Waals surface area contributed by atoms with Crippen LogP contribution in [0.2, 0.25) is 0 Å². The minimum atomic E-state index is -0.749. The number of aliphatic carboxylic acids is 1. The van der Waals surface area contributed by atoms with Gasteiger partial charge in [0.15, 0.2) is 0 Å². The van der Waals surface area contributed by atoms with Crippen LogP contribution in [0.1, 0.15) is 58.1 Å². The highest BCUT2D eigenvalue weighted by atomic mass is 16.6. The number of carbonyl (C=O) groups excluding carboxylic acids is 1. The van der Waals surface area contributed by atoms with Crippen molar-refractivity contribution in [1.82, 2.24) is 19.9 Å². The molecule has 180 valence electrons. The standard InChI is InChI=1S/C24H34N4O5/c1-5-7-16(2)27(3)24(31)32-15-21-22(25-26-28(21)4)17-10-12-19(13-11-17)33-20-9-6-8-18(14-20)23(29)30/h10-13,16,18,20H,5-9,14-15H2,1-4H3,(H,29,30). The molecule has 1 aliphatic carbocycles. The highest BCUT2D eigenvalue weighted by molar-refractivity contribution is 5.70. The Labute approximate surface area is 194 Å². The fourth-order valence-corrected chi connectivity index (χ4v) is 4.15.